The molecule has 0 radical (unpaired) electrons. The van der Waals surface area contributed by atoms with E-state index in [1.54, 1.807) is 5.57 Å². The lowest BCUT2D eigenvalue weighted by Crippen LogP contribution is -2.30. The quantitative estimate of drug-likeness (QED) is 0.477. The van der Waals surface area contributed by atoms with E-state index >= 15 is 0 Å². The molecule has 1 saturated carbocycles. The minimum Gasteiger partial charge on any atom is -0.303 e. The Morgan fingerprint density at radius 3 is 2.57 bits per heavy atom. The van der Waals surface area contributed by atoms with Gasteiger partial charge in [-0.2, -0.15) is 0 Å². The molecule has 0 aromatic heterocycles. The fraction of sp³-hybridized carbons (Fsp3) is 0.900. The summed E-state index contributed by atoms with van der Waals surface area (Å²) in [4.78, 5) is 2.79. The zero-order chi connectivity index (χ0) is 15.1. The van der Waals surface area contributed by atoms with Gasteiger partial charge < -0.3 is 4.90 Å². The molecule has 21 heavy (non-hydrogen) atoms. The predicted molar refractivity (Wildman–Crippen MR) is 93.6 cm³/mol. The van der Waals surface area contributed by atoms with Crippen molar-refractivity contribution >= 4 is 0 Å². The summed E-state index contributed by atoms with van der Waals surface area (Å²) >= 11 is 0. The minimum absolute atomic E-state index is 0.730. The molecule has 0 bridgehead atoms. The second-order valence-electron chi connectivity index (χ2n) is 7.87. The zero-order valence-electron chi connectivity index (χ0n) is 14.7. The van der Waals surface area contributed by atoms with Gasteiger partial charge in [0, 0.05) is 6.54 Å². The van der Waals surface area contributed by atoms with E-state index in [0.29, 0.717) is 0 Å². The first-order chi connectivity index (χ1) is 10.2. The average molecular weight is 292 g/mol. The Morgan fingerprint density at radius 2 is 1.81 bits per heavy atom. The van der Waals surface area contributed by atoms with E-state index in [1.807, 2.05) is 0 Å². The molecule has 0 N–H and O–H groups in total. The van der Waals surface area contributed by atoms with Crippen molar-refractivity contribution in [2.24, 2.45) is 17.8 Å². The van der Waals surface area contributed by atoms with Crippen LogP contribution >= 0.6 is 0 Å². The van der Waals surface area contributed by atoms with Gasteiger partial charge in [0.15, 0.2) is 0 Å². The number of allylic oxidation sites excluding steroid dienone is 2. The van der Waals surface area contributed by atoms with Crippen LogP contribution in [0.4, 0.5) is 0 Å². The summed E-state index contributed by atoms with van der Waals surface area (Å²) in [5.74, 6) is 2.69. The Kier molecular flexibility index (Phi) is 7.29. The molecule has 1 heteroatoms. The highest BCUT2D eigenvalue weighted by Gasteiger charge is 2.20. The van der Waals surface area contributed by atoms with Crippen molar-refractivity contribution < 1.29 is 0 Å². The molecule has 0 aromatic carbocycles. The molecule has 1 aliphatic carbocycles. The van der Waals surface area contributed by atoms with Gasteiger partial charge in [0.1, 0.15) is 0 Å². The Bertz CT molecular complexity index is 318. The van der Waals surface area contributed by atoms with Crippen molar-refractivity contribution in [3.63, 3.8) is 0 Å². The third-order valence-electron chi connectivity index (χ3n) is 5.59. The topological polar surface area (TPSA) is 3.24 Å². The van der Waals surface area contributed by atoms with Gasteiger partial charge in [-0.1, -0.05) is 38.8 Å². The predicted octanol–water partition coefficient (Wildman–Crippen LogP) is 5.66. The van der Waals surface area contributed by atoms with Crippen LogP contribution in [0, 0.1) is 17.8 Å². The van der Waals surface area contributed by atoms with Crippen LogP contribution in [0.3, 0.4) is 0 Å². The third-order valence-corrected chi connectivity index (χ3v) is 5.59. The fourth-order valence-corrected chi connectivity index (χ4v) is 4.28. The van der Waals surface area contributed by atoms with Gasteiger partial charge in [-0.15, -0.1) is 0 Å². The Morgan fingerprint density at radius 1 is 1.00 bits per heavy atom. The summed E-state index contributed by atoms with van der Waals surface area (Å²) in [6.07, 6.45) is 15.3. The maximum Gasteiger partial charge on any atom is 0.000977 e. The summed E-state index contributed by atoms with van der Waals surface area (Å²) in [7, 11) is 0. The Labute approximate surface area is 133 Å². The molecule has 1 nitrogen and oxygen atoms in total. The van der Waals surface area contributed by atoms with Gasteiger partial charge in [0.25, 0.3) is 0 Å². The van der Waals surface area contributed by atoms with Crippen LogP contribution in [-0.2, 0) is 0 Å². The minimum atomic E-state index is 0.730. The lowest BCUT2D eigenvalue weighted by atomic mass is 9.98. The molecule has 2 aliphatic rings. The SMILES string of the molecule is CCC1CCCN(CC2CCC/C(=C/C(C)C)CC2)CC1. The van der Waals surface area contributed by atoms with Gasteiger partial charge in [-0.3, -0.25) is 0 Å². The highest BCUT2D eigenvalue weighted by molar-refractivity contribution is 5.05. The number of hydrogen-bond acceptors (Lipinski definition) is 1. The first-order valence-corrected chi connectivity index (χ1v) is 9.59. The van der Waals surface area contributed by atoms with Crippen LogP contribution < -0.4 is 0 Å². The van der Waals surface area contributed by atoms with Gasteiger partial charge in [0.05, 0.1) is 0 Å². The van der Waals surface area contributed by atoms with E-state index in [1.165, 1.54) is 77.4 Å². The summed E-state index contributed by atoms with van der Waals surface area (Å²) < 4.78 is 0. The van der Waals surface area contributed by atoms with Crippen LogP contribution in [0.1, 0.15) is 78.6 Å². The molecule has 2 unspecified atom stereocenters. The number of likely N-dealkylation sites (tertiary alicyclic amines) is 1. The number of rotatable bonds is 4. The molecule has 122 valence electrons. The van der Waals surface area contributed by atoms with Gasteiger partial charge in [-0.05, 0) is 82.2 Å². The average Bonchev–Trinajstić information content (AvgIpc) is 2.80. The number of nitrogens with zero attached hydrogens (tertiary/aromatic N) is 1. The van der Waals surface area contributed by atoms with Crippen molar-refractivity contribution in [2.75, 3.05) is 19.6 Å². The molecule has 1 heterocycles. The normalized spacial score (nSPS) is 31.3. The van der Waals surface area contributed by atoms with E-state index in [4.69, 9.17) is 0 Å². The fourth-order valence-electron chi connectivity index (χ4n) is 4.28. The van der Waals surface area contributed by atoms with E-state index in [2.05, 4.69) is 31.7 Å². The molecular weight excluding hydrogens is 254 g/mol. The van der Waals surface area contributed by atoms with Gasteiger partial charge >= 0.3 is 0 Å². The van der Waals surface area contributed by atoms with Gasteiger partial charge in [0.2, 0.25) is 0 Å². The van der Waals surface area contributed by atoms with Crippen LogP contribution in [0.5, 0.6) is 0 Å². The van der Waals surface area contributed by atoms with Crippen molar-refractivity contribution in [3.05, 3.63) is 11.6 Å². The Balaban J connectivity index is 1.78. The molecular formula is C20H37N. The smallest absolute Gasteiger partial charge is 0.000977 e. The molecule has 0 amide bonds. The van der Waals surface area contributed by atoms with Crippen LogP contribution in [0.2, 0.25) is 0 Å². The maximum absolute atomic E-state index is 2.79. The Hall–Kier alpha value is -0.300. The van der Waals surface area contributed by atoms with E-state index in [9.17, 15) is 0 Å². The van der Waals surface area contributed by atoms with Crippen molar-refractivity contribution in [3.8, 4) is 0 Å². The highest BCUT2D eigenvalue weighted by Crippen LogP contribution is 2.29. The second kappa shape index (κ2) is 8.98. The first kappa shape index (κ1) is 17.1. The molecule has 2 rings (SSSR count). The molecule has 2 fully saturated rings. The lowest BCUT2D eigenvalue weighted by molar-refractivity contribution is 0.224. The summed E-state index contributed by atoms with van der Waals surface area (Å²) in [6, 6.07) is 0. The molecule has 1 aliphatic heterocycles. The first-order valence-electron chi connectivity index (χ1n) is 9.59. The monoisotopic (exact) mass is 291 g/mol. The molecule has 0 spiro atoms. The number of hydrogen-bond donors (Lipinski definition) is 0. The van der Waals surface area contributed by atoms with Crippen molar-refractivity contribution in [2.45, 2.75) is 78.6 Å². The summed E-state index contributed by atoms with van der Waals surface area (Å²) in [5, 5.41) is 0. The van der Waals surface area contributed by atoms with Crippen LogP contribution in [0.15, 0.2) is 11.6 Å². The highest BCUT2D eigenvalue weighted by atomic mass is 15.1. The standard InChI is InChI=1S/C20H37N/c1-4-18-9-6-13-21(14-12-18)16-20-8-5-7-19(10-11-20)15-17(2)3/h15,17-18,20H,4-14,16H2,1-3H3/b19-15-. The van der Waals surface area contributed by atoms with E-state index in [0.717, 1.165) is 17.8 Å². The molecule has 1 saturated heterocycles. The van der Waals surface area contributed by atoms with E-state index < -0.39 is 0 Å². The zero-order valence-corrected chi connectivity index (χ0v) is 14.7. The van der Waals surface area contributed by atoms with Crippen molar-refractivity contribution in [1.82, 2.24) is 4.90 Å². The largest absolute Gasteiger partial charge is 0.303 e. The van der Waals surface area contributed by atoms with Gasteiger partial charge in [-0.25, -0.2) is 0 Å². The molecule has 0 aromatic rings. The van der Waals surface area contributed by atoms with Crippen LogP contribution in [-0.4, -0.2) is 24.5 Å². The third kappa shape index (κ3) is 6.14. The van der Waals surface area contributed by atoms with E-state index in [-0.39, 0.29) is 0 Å². The van der Waals surface area contributed by atoms with Crippen molar-refractivity contribution in [1.29, 1.82) is 0 Å². The summed E-state index contributed by atoms with van der Waals surface area (Å²) in [6.45, 7) is 11.1. The second-order valence-corrected chi connectivity index (χ2v) is 7.87. The van der Waals surface area contributed by atoms with Crippen LogP contribution in [0.25, 0.3) is 0 Å². The lowest BCUT2D eigenvalue weighted by Gasteiger charge is -2.25. The maximum atomic E-state index is 2.79. The molecule has 2 atom stereocenters. The summed E-state index contributed by atoms with van der Waals surface area (Å²) in [5.41, 5.74) is 1.74.